The molecule has 0 atom stereocenters. The van der Waals surface area contributed by atoms with Crippen molar-refractivity contribution in [3.63, 3.8) is 0 Å². The average molecular weight is 360 g/mol. The van der Waals surface area contributed by atoms with Gasteiger partial charge in [-0.2, -0.15) is 0 Å². The molecule has 0 bridgehead atoms. The van der Waals surface area contributed by atoms with E-state index in [1.165, 1.54) is 12.8 Å². The summed E-state index contributed by atoms with van der Waals surface area (Å²) in [5, 5.41) is 12.0. The highest BCUT2D eigenvalue weighted by Crippen LogP contribution is 2.20. The third kappa shape index (κ3) is 4.94. The lowest BCUT2D eigenvalue weighted by Crippen LogP contribution is -2.22. The summed E-state index contributed by atoms with van der Waals surface area (Å²) < 4.78 is 5.71. The highest BCUT2D eigenvalue weighted by Gasteiger charge is 2.05. The number of para-hydroxylation sites is 1. The first-order chi connectivity index (χ1) is 13.2. The van der Waals surface area contributed by atoms with Crippen molar-refractivity contribution in [1.29, 1.82) is 0 Å². The molecule has 4 nitrogen and oxygen atoms in total. The van der Waals surface area contributed by atoms with Crippen molar-refractivity contribution in [3.8, 4) is 5.75 Å². The molecule has 1 aromatic heterocycles. The van der Waals surface area contributed by atoms with Crippen molar-refractivity contribution in [2.45, 2.75) is 26.2 Å². The fraction of sp³-hybridized carbons (Fsp3) is 0.217. The molecule has 0 saturated carbocycles. The van der Waals surface area contributed by atoms with Gasteiger partial charge < -0.3 is 14.6 Å². The molecule has 3 rings (SSSR count). The maximum absolute atomic E-state index is 11.4. The van der Waals surface area contributed by atoms with Gasteiger partial charge in [0.25, 0.3) is 0 Å². The standard InChI is InChI=1S/C23H23NO3/c1-2-3-6-15-27-19-13-10-17(11-14-19)9-12-18-16-21(23(25)26)20-7-4-5-8-22(20)24-18/h4-5,7-14,16H,2-3,6,15H2,1H3,(H,25,26)/p-1/b12-9+. The van der Waals surface area contributed by atoms with Gasteiger partial charge in [0.05, 0.1) is 23.8 Å². The summed E-state index contributed by atoms with van der Waals surface area (Å²) in [5.41, 5.74) is 2.35. The van der Waals surface area contributed by atoms with E-state index >= 15 is 0 Å². The van der Waals surface area contributed by atoms with Gasteiger partial charge in [-0.3, -0.25) is 0 Å². The molecular weight excluding hydrogens is 338 g/mol. The van der Waals surface area contributed by atoms with E-state index in [4.69, 9.17) is 4.74 Å². The number of rotatable bonds is 8. The zero-order valence-corrected chi connectivity index (χ0v) is 15.4. The number of unbranched alkanes of at least 4 members (excludes halogenated alkanes) is 2. The van der Waals surface area contributed by atoms with Gasteiger partial charge in [0.2, 0.25) is 0 Å². The fourth-order valence-corrected chi connectivity index (χ4v) is 2.85. The third-order valence-corrected chi connectivity index (χ3v) is 4.30. The van der Waals surface area contributed by atoms with E-state index in [0.29, 0.717) is 16.6 Å². The summed E-state index contributed by atoms with van der Waals surface area (Å²) in [6.45, 7) is 2.90. The largest absolute Gasteiger partial charge is 0.545 e. The van der Waals surface area contributed by atoms with Crippen LogP contribution in [0, 0.1) is 0 Å². The Hall–Kier alpha value is -3.14. The first-order valence-corrected chi connectivity index (χ1v) is 9.19. The number of aromatic nitrogens is 1. The number of hydrogen-bond acceptors (Lipinski definition) is 4. The highest BCUT2D eigenvalue weighted by atomic mass is 16.5. The lowest BCUT2D eigenvalue weighted by molar-refractivity contribution is -0.254. The summed E-state index contributed by atoms with van der Waals surface area (Å²) in [5.74, 6) is -0.348. The van der Waals surface area contributed by atoms with E-state index in [1.807, 2.05) is 36.4 Å². The van der Waals surface area contributed by atoms with Crippen molar-refractivity contribution in [1.82, 2.24) is 4.98 Å². The summed E-state index contributed by atoms with van der Waals surface area (Å²) in [6, 6.07) is 16.5. The molecule has 2 aromatic carbocycles. The number of carboxylic acid groups (broad SMARTS) is 1. The topological polar surface area (TPSA) is 62.2 Å². The molecule has 0 N–H and O–H groups in total. The lowest BCUT2D eigenvalue weighted by Gasteiger charge is -2.08. The van der Waals surface area contributed by atoms with Crippen LogP contribution < -0.4 is 9.84 Å². The summed E-state index contributed by atoms with van der Waals surface area (Å²) in [7, 11) is 0. The van der Waals surface area contributed by atoms with Crippen molar-refractivity contribution in [2.75, 3.05) is 6.61 Å². The van der Waals surface area contributed by atoms with E-state index in [1.54, 1.807) is 30.3 Å². The Balaban J connectivity index is 1.75. The maximum atomic E-state index is 11.4. The van der Waals surface area contributed by atoms with E-state index in [9.17, 15) is 9.90 Å². The van der Waals surface area contributed by atoms with Crippen LogP contribution in [-0.2, 0) is 0 Å². The second kappa shape index (κ2) is 8.99. The van der Waals surface area contributed by atoms with Crippen molar-refractivity contribution in [3.05, 3.63) is 71.4 Å². The molecule has 0 aliphatic carbocycles. The number of hydrogen-bond donors (Lipinski definition) is 0. The number of benzene rings is 2. The molecule has 0 spiro atoms. The van der Waals surface area contributed by atoms with Crippen molar-refractivity contribution < 1.29 is 14.6 Å². The van der Waals surface area contributed by atoms with Crippen LogP contribution in [-0.4, -0.2) is 17.6 Å². The Labute approximate surface area is 159 Å². The second-order valence-corrected chi connectivity index (χ2v) is 6.36. The maximum Gasteiger partial charge on any atom is 0.119 e. The first kappa shape index (κ1) is 18.6. The predicted octanol–water partition coefficient (Wildman–Crippen LogP) is 4.34. The molecule has 0 amide bonds. The van der Waals surface area contributed by atoms with Crippen LogP contribution in [0.25, 0.3) is 23.1 Å². The zero-order valence-electron chi connectivity index (χ0n) is 15.4. The van der Waals surface area contributed by atoms with Crippen LogP contribution in [0.5, 0.6) is 5.75 Å². The van der Waals surface area contributed by atoms with Gasteiger partial charge in [0.1, 0.15) is 5.75 Å². The Morgan fingerprint density at radius 2 is 1.85 bits per heavy atom. The first-order valence-electron chi connectivity index (χ1n) is 9.19. The molecule has 0 fully saturated rings. The molecule has 0 saturated heterocycles. The van der Waals surface area contributed by atoms with Crippen LogP contribution in [0.3, 0.4) is 0 Å². The molecular formula is C23H22NO3-. The average Bonchev–Trinajstić information content (AvgIpc) is 2.70. The minimum atomic E-state index is -1.20. The molecule has 0 aliphatic heterocycles. The quantitative estimate of drug-likeness (QED) is 0.561. The number of pyridine rings is 1. The summed E-state index contributed by atoms with van der Waals surface area (Å²) >= 11 is 0. The summed E-state index contributed by atoms with van der Waals surface area (Å²) in [6.07, 6.45) is 7.11. The molecule has 4 heteroatoms. The van der Waals surface area contributed by atoms with E-state index in [-0.39, 0.29) is 5.56 Å². The number of nitrogens with zero attached hydrogens (tertiary/aromatic N) is 1. The number of fused-ring (bicyclic) bond motifs is 1. The molecule has 0 aliphatic rings. The van der Waals surface area contributed by atoms with Gasteiger partial charge in [0, 0.05) is 10.9 Å². The SMILES string of the molecule is CCCCCOc1ccc(/C=C/c2cc(C(=O)[O-])c3ccccc3n2)cc1. The molecule has 0 radical (unpaired) electrons. The lowest BCUT2D eigenvalue weighted by atomic mass is 10.1. The van der Waals surface area contributed by atoms with Crippen molar-refractivity contribution >= 4 is 29.0 Å². The molecule has 138 valence electrons. The smallest absolute Gasteiger partial charge is 0.119 e. The molecule has 1 heterocycles. The number of aromatic carboxylic acids is 1. The Bertz CT molecular complexity index is 945. The van der Waals surface area contributed by atoms with Crippen LogP contribution in [0.2, 0.25) is 0 Å². The number of carbonyl (C=O) groups excluding carboxylic acids is 1. The van der Waals surface area contributed by atoms with Gasteiger partial charge in [-0.15, -0.1) is 0 Å². The predicted molar refractivity (Wildman–Crippen MR) is 106 cm³/mol. The second-order valence-electron chi connectivity index (χ2n) is 6.36. The van der Waals surface area contributed by atoms with Crippen LogP contribution in [0.15, 0.2) is 54.6 Å². The van der Waals surface area contributed by atoms with Crippen LogP contribution in [0.4, 0.5) is 0 Å². The van der Waals surface area contributed by atoms with Crippen LogP contribution in [0.1, 0.15) is 47.8 Å². The molecule has 3 aromatic rings. The van der Waals surface area contributed by atoms with E-state index in [0.717, 1.165) is 24.3 Å². The van der Waals surface area contributed by atoms with E-state index in [2.05, 4.69) is 11.9 Å². The number of ether oxygens (including phenoxy) is 1. The van der Waals surface area contributed by atoms with Gasteiger partial charge in [-0.25, -0.2) is 4.98 Å². The van der Waals surface area contributed by atoms with Gasteiger partial charge in [-0.05, 0) is 42.3 Å². The van der Waals surface area contributed by atoms with Gasteiger partial charge >= 0.3 is 0 Å². The number of carboxylic acids is 1. The molecule has 0 unspecified atom stereocenters. The van der Waals surface area contributed by atoms with Gasteiger partial charge in [0.15, 0.2) is 0 Å². The minimum Gasteiger partial charge on any atom is -0.545 e. The Kier molecular flexibility index (Phi) is 6.21. The Morgan fingerprint density at radius 1 is 1.07 bits per heavy atom. The minimum absolute atomic E-state index is 0.149. The monoisotopic (exact) mass is 360 g/mol. The van der Waals surface area contributed by atoms with Crippen molar-refractivity contribution in [2.24, 2.45) is 0 Å². The number of carbonyl (C=O) groups is 1. The fourth-order valence-electron chi connectivity index (χ4n) is 2.85. The van der Waals surface area contributed by atoms with E-state index < -0.39 is 5.97 Å². The van der Waals surface area contributed by atoms with Gasteiger partial charge in [-0.1, -0.05) is 56.2 Å². The van der Waals surface area contributed by atoms with Crippen LogP contribution >= 0.6 is 0 Å². The zero-order chi connectivity index (χ0) is 19.1. The highest BCUT2D eigenvalue weighted by molar-refractivity contribution is 6.02. The third-order valence-electron chi connectivity index (χ3n) is 4.30. The normalized spacial score (nSPS) is 11.1. The Morgan fingerprint density at radius 3 is 2.59 bits per heavy atom. The summed E-state index contributed by atoms with van der Waals surface area (Å²) in [4.78, 5) is 15.9. The molecule has 27 heavy (non-hydrogen) atoms.